The van der Waals surface area contributed by atoms with Crippen molar-refractivity contribution in [1.82, 2.24) is 20.4 Å². The van der Waals surface area contributed by atoms with Gasteiger partial charge in [-0.2, -0.15) is 5.10 Å². The molecule has 3 atom stereocenters. The van der Waals surface area contributed by atoms with Crippen molar-refractivity contribution >= 4 is 58.1 Å². The van der Waals surface area contributed by atoms with Gasteiger partial charge in [-0.05, 0) is 60.2 Å². The van der Waals surface area contributed by atoms with Crippen LogP contribution in [-0.2, 0) is 11.8 Å². The Morgan fingerprint density at radius 3 is 2.62 bits per heavy atom. The van der Waals surface area contributed by atoms with Crippen molar-refractivity contribution in [3.8, 4) is 11.3 Å². The number of benzene rings is 1. The van der Waals surface area contributed by atoms with E-state index in [0.717, 1.165) is 5.56 Å². The highest BCUT2D eigenvalue weighted by molar-refractivity contribution is 6.42. The van der Waals surface area contributed by atoms with E-state index in [1.807, 2.05) is 12.1 Å². The second kappa shape index (κ2) is 12.2. The van der Waals surface area contributed by atoms with Gasteiger partial charge in [-0.1, -0.05) is 40.9 Å². The number of piperidine rings is 1. The van der Waals surface area contributed by atoms with Crippen LogP contribution in [0.25, 0.3) is 11.3 Å². The fraction of sp³-hybridized carbons (Fsp3) is 0.400. The molecule has 2 aromatic heterocycles. The first-order valence-electron chi connectivity index (χ1n) is 11.7. The van der Waals surface area contributed by atoms with Gasteiger partial charge in [-0.3, -0.25) is 14.3 Å². The minimum atomic E-state index is -0.206. The maximum atomic E-state index is 13.3. The van der Waals surface area contributed by atoms with Crippen LogP contribution in [0.15, 0.2) is 34.9 Å². The molecular weight excluding hydrogens is 562 g/mol. The summed E-state index contributed by atoms with van der Waals surface area (Å²) in [5.41, 5.74) is 1.99. The fourth-order valence-electron chi connectivity index (χ4n) is 4.78. The van der Waals surface area contributed by atoms with Crippen LogP contribution in [0.3, 0.4) is 0 Å². The van der Waals surface area contributed by atoms with E-state index in [9.17, 15) is 9.59 Å². The molecule has 1 unspecified atom stereocenters. The van der Waals surface area contributed by atoms with Crippen molar-refractivity contribution in [2.24, 2.45) is 13.0 Å². The van der Waals surface area contributed by atoms with Crippen LogP contribution >= 0.6 is 46.4 Å². The number of carbonyl (C=O) groups excluding carboxylic acids is 2. The quantitative estimate of drug-likeness (QED) is 0.300. The molecule has 4 rings (SSSR count). The molecule has 0 aliphatic carbocycles. The van der Waals surface area contributed by atoms with Gasteiger partial charge in [0.1, 0.15) is 0 Å². The van der Waals surface area contributed by atoms with E-state index in [2.05, 4.69) is 15.7 Å². The van der Waals surface area contributed by atoms with Crippen LogP contribution < -0.4 is 10.6 Å². The van der Waals surface area contributed by atoms with Crippen molar-refractivity contribution in [1.29, 1.82) is 0 Å². The van der Waals surface area contributed by atoms with Crippen molar-refractivity contribution in [2.45, 2.75) is 31.2 Å². The van der Waals surface area contributed by atoms with Gasteiger partial charge >= 0.3 is 0 Å². The highest BCUT2D eigenvalue weighted by Gasteiger charge is 2.35. The third kappa shape index (κ3) is 6.50. The zero-order valence-electron chi connectivity index (χ0n) is 19.9. The fourth-order valence-corrected chi connectivity index (χ4v) is 5.58. The number of furan rings is 1. The second-order valence-electron chi connectivity index (χ2n) is 9.05. The Bertz CT molecular complexity index is 1270. The Morgan fingerprint density at radius 2 is 1.95 bits per heavy atom. The number of carbonyl (C=O) groups is 2. The molecule has 0 spiro atoms. The normalized spacial score (nSPS) is 19.7. The van der Waals surface area contributed by atoms with E-state index in [1.54, 1.807) is 23.9 Å². The molecule has 0 radical (unpaired) electrons. The van der Waals surface area contributed by atoms with Gasteiger partial charge in [-0.15, -0.1) is 0 Å². The lowest BCUT2D eigenvalue weighted by atomic mass is 9.75. The zero-order valence-corrected chi connectivity index (χ0v) is 23.0. The summed E-state index contributed by atoms with van der Waals surface area (Å²) >= 11 is 25.0. The van der Waals surface area contributed by atoms with Gasteiger partial charge in [0.05, 0.1) is 39.1 Å². The van der Waals surface area contributed by atoms with Crippen molar-refractivity contribution in [2.75, 3.05) is 19.7 Å². The summed E-state index contributed by atoms with van der Waals surface area (Å²) in [5.74, 6) is -0.389. The number of ketones is 1. The number of Topliss-reactive ketones (excluding diaryl/α,β-unsaturated/α-hetero) is 1. The summed E-state index contributed by atoms with van der Waals surface area (Å²) in [7, 11) is 1.72. The number of hydrogen-bond acceptors (Lipinski definition) is 6. The van der Waals surface area contributed by atoms with Crippen molar-refractivity contribution in [3.05, 3.63) is 62.1 Å². The summed E-state index contributed by atoms with van der Waals surface area (Å²) in [4.78, 5) is 25.6. The first kappa shape index (κ1) is 28.0. The predicted molar refractivity (Wildman–Crippen MR) is 144 cm³/mol. The third-order valence-corrected chi connectivity index (χ3v) is 7.87. The number of aliphatic hydroxyl groups excluding tert-OH is 1. The lowest BCUT2D eigenvalue weighted by Gasteiger charge is -2.37. The molecule has 1 fully saturated rings. The van der Waals surface area contributed by atoms with E-state index in [-0.39, 0.29) is 66.5 Å². The standard InChI is InChI=1S/C25H26Cl4N4O4/c1-33-24(20(28)12-32-33)17-10-22(37-25(17)29)21(35)7-14-11-31-15(9-23(36)30-4-5-34)8-16(14)13-2-3-18(26)19(27)6-13/h2-3,6,10,12,14-16,31,34H,4-5,7-9,11H2,1H3,(H,30,36)/t14-,15?,16+/m1/s1. The second-order valence-corrected chi connectivity index (χ2v) is 10.6. The van der Waals surface area contributed by atoms with Crippen molar-refractivity contribution < 1.29 is 19.1 Å². The highest BCUT2D eigenvalue weighted by atomic mass is 35.5. The van der Waals surface area contributed by atoms with Gasteiger partial charge in [0, 0.05) is 32.5 Å². The molecule has 1 saturated heterocycles. The third-order valence-electron chi connectivity index (χ3n) is 6.57. The van der Waals surface area contributed by atoms with Crippen LogP contribution in [0, 0.1) is 5.92 Å². The number of aromatic nitrogens is 2. The number of amides is 1. The van der Waals surface area contributed by atoms with Crippen LogP contribution in [0.5, 0.6) is 0 Å². The van der Waals surface area contributed by atoms with E-state index in [0.29, 0.717) is 39.3 Å². The van der Waals surface area contributed by atoms with Crippen molar-refractivity contribution in [3.63, 3.8) is 0 Å². The Kier molecular flexibility index (Phi) is 9.21. The molecule has 1 aliphatic rings. The van der Waals surface area contributed by atoms with E-state index < -0.39 is 0 Å². The molecule has 8 nitrogen and oxygen atoms in total. The van der Waals surface area contributed by atoms with E-state index in [4.69, 9.17) is 55.9 Å². The number of nitrogens with zero attached hydrogens (tertiary/aromatic N) is 2. The van der Waals surface area contributed by atoms with Gasteiger partial charge in [0.25, 0.3) is 0 Å². The average molecular weight is 588 g/mol. The zero-order chi connectivity index (χ0) is 26.7. The Balaban J connectivity index is 1.54. The van der Waals surface area contributed by atoms with Gasteiger partial charge in [-0.25, -0.2) is 0 Å². The molecule has 0 bridgehead atoms. The van der Waals surface area contributed by atoms with Crippen LogP contribution in [0.4, 0.5) is 0 Å². The smallest absolute Gasteiger partial charge is 0.221 e. The molecular formula is C25H26Cl4N4O4. The topological polar surface area (TPSA) is 109 Å². The lowest BCUT2D eigenvalue weighted by Crippen LogP contribution is -2.46. The number of aliphatic hydroxyl groups is 1. The number of halogens is 4. The molecule has 12 heteroatoms. The summed E-state index contributed by atoms with van der Waals surface area (Å²) in [6.45, 7) is 0.589. The largest absolute Gasteiger partial charge is 0.441 e. The molecule has 3 heterocycles. The first-order chi connectivity index (χ1) is 17.7. The van der Waals surface area contributed by atoms with E-state index >= 15 is 0 Å². The number of nitrogens with one attached hydrogen (secondary N) is 2. The predicted octanol–water partition coefficient (Wildman–Crippen LogP) is 5.13. The Labute approximate surface area is 234 Å². The summed E-state index contributed by atoms with van der Waals surface area (Å²) in [5, 5.41) is 20.5. The number of hydrogen-bond donors (Lipinski definition) is 3. The number of aryl methyl sites for hydroxylation is 1. The minimum Gasteiger partial charge on any atom is -0.441 e. The average Bonchev–Trinajstić information content (AvgIpc) is 3.41. The molecule has 1 aromatic carbocycles. The monoisotopic (exact) mass is 586 g/mol. The SMILES string of the molecule is Cn1ncc(Cl)c1-c1cc(C(=O)C[C@@H]2CNC(CC(=O)NCCO)C[C@H]2c2ccc(Cl)c(Cl)c2)oc1Cl. The van der Waals surface area contributed by atoms with E-state index in [1.165, 1.54) is 6.20 Å². The molecule has 198 valence electrons. The highest BCUT2D eigenvalue weighted by Crippen LogP contribution is 2.40. The summed E-state index contributed by atoms with van der Waals surface area (Å²) in [6.07, 6.45) is 2.54. The van der Waals surface area contributed by atoms with Crippen LogP contribution in [0.1, 0.15) is 41.3 Å². The number of rotatable bonds is 9. The van der Waals surface area contributed by atoms with Crippen LogP contribution in [0.2, 0.25) is 20.3 Å². The maximum absolute atomic E-state index is 13.3. The summed E-state index contributed by atoms with van der Waals surface area (Å²) < 4.78 is 7.19. The molecule has 3 aromatic rings. The Morgan fingerprint density at radius 1 is 1.16 bits per heavy atom. The lowest BCUT2D eigenvalue weighted by molar-refractivity contribution is -0.121. The van der Waals surface area contributed by atoms with Crippen LogP contribution in [-0.4, -0.2) is 52.3 Å². The molecule has 37 heavy (non-hydrogen) atoms. The molecule has 1 amide bonds. The maximum Gasteiger partial charge on any atom is 0.221 e. The minimum absolute atomic E-state index is 0.0607. The Hall–Kier alpha value is -2.07. The van der Waals surface area contributed by atoms with Gasteiger partial charge in [0.2, 0.25) is 11.1 Å². The van der Waals surface area contributed by atoms with Gasteiger partial charge < -0.3 is 20.2 Å². The summed E-state index contributed by atoms with van der Waals surface area (Å²) in [6, 6.07) is 6.93. The first-order valence-corrected chi connectivity index (χ1v) is 13.2. The van der Waals surface area contributed by atoms with Gasteiger partial charge in [0.15, 0.2) is 11.5 Å². The molecule has 3 N–H and O–H groups in total. The molecule has 0 saturated carbocycles. The molecule has 1 aliphatic heterocycles.